The van der Waals surface area contributed by atoms with Gasteiger partial charge in [-0.3, -0.25) is 14.4 Å². The quantitative estimate of drug-likeness (QED) is 0.543. The fraction of sp³-hybridized carbons (Fsp3) is 0.870. The Morgan fingerprint density at radius 1 is 1.10 bits per heavy atom. The van der Waals surface area contributed by atoms with Crippen molar-refractivity contribution in [2.24, 2.45) is 39.9 Å². The van der Waals surface area contributed by atoms with Gasteiger partial charge < -0.3 is 24.8 Å². The molecule has 0 aromatic heterocycles. The molecule has 4 saturated carbocycles. The number of esters is 1. The summed E-state index contributed by atoms with van der Waals surface area (Å²) in [6.07, 6.45) is -3.60. The summed E-state index contributed by atoms with van der Waals surface area (Å²) >= 11 is 0. The third-order valence-corrected chi connectivity index (χ3v) is 9.19. The smallest absolute Gasteiger partial charge is 0.302 e. The average Bonchev–Trinajstić information content (AvgIpc) is 2.87. The van der Waals surface area contributed by atoms with E-state index >= 15 is 0 Å². The van der Waals surface area contributed by atoms with E-state index in [1.807, 2.05) is 0 Å². The van der Waals surface area contributed by atoms with Gasteiger partial charge in [-0.15, -0.1) is 0 Å². The second-order valence-corrected chi connectivity index (χ2v) is 11.0. The van der Waals surface area contributed by atoms with E-state index in [1.165, 1.54) is 14.0 Å². The monoisotopic (exact) mass is 438 g/mol. The van der Waals surface area contributed by atoms with Crippen LogP contribution in [0.3, 0.4) is 0 Å². The van der Waals surface area contributed by atoms with E-state index in [1.54, 1.807) is 20.8 Å². The lowest BCUT2D eigenvalue weighted by Gasteiger charge is -2.66. The Labute approximate surface area is 182 Å². The first-order valence-corrected chi connectivity index (χ1v) is 11.1. The lowest BCUT2D eigenvalue weighted by Crippen LogP contribution is -2.75. The molecule has 0 amide bonds. The number of fused-ring (bicyclic) bond motifs is 3. The van der Waals surface area contributed by atoms with Gasteiger partial charge in [0.25, 0.3) is 0 Å². The number of hydrogen-bond acceptors (Lipinski definition) is 8. The minimum absolute atomic E-state index is 0.0435. The molecule has 0 radical (unpaired) electrons. The molecular formula is C23H34O8. The Balaban J connectivity index is 1.95. The number of carbonyl (C=O) groups is 3. The molecule has 0 aliphatic heterocycles. The molecule has 4 aliphatic carbocycles. The molecule has 0 heterocycles. The van der Waals surface area contributed by atoms with Crippen molar-refractivity contribution in [2.75, 3.05) is 13.7 Å². The second kappa shape index (κ2) is 7.07. The van der Waals surface area contributed by atoms with Crippen molar-refractivity contribution in [3.05, 3.63) is 0 Å². The average molecular weight is 439 g/mol. The van der Waals surface area contributed by atoms with E-state index in [9.17, 15) is 29.7 Å². The van der Waals surface area contributed by atoms with Crippen LogP contribution in [0.15, 0.2) is 0 Å². The second-order valence-electron chi connectivity index (χ2n) is 11.0. The van der Waals surface area contributed by atoms with Gasteiger partial charge in [0, 0.05) is 49.0 Å². The van der Waals surface area contributed by atoms with Crippen LogP contribution >= 0.6 is 0 Å². The number of ketones is 2. The number of rotatable bonds is 3. The van der Waals surface area contributed by atoms with Crippen molar-refractivity contribution in [1.82, 2.24) is 0 Å². The molecule has 0 aromatic rings. The van der Waals surface area contributed by atoms with Crippen LogP contribution in [0.4, 0.5) is 0 Å². The van der Waals surface area contributed by atoms with Crippen LogP contribution in [0.25, 0.3) is 0 Å². The van der Waals surface area contributed by atoms with E-state index in [0.29, 0.717) is 12.8 Å². The maximum atomic E-state index is 13.8. The summed E-state index contributed by atoms with van der Waals surface area (Å²) in [6.45, 7) is 6.74. The molecule has 4 fully saturated rings. The predicted octanol–water partition coefficient (Wildman–Crippen LogP) is 0.494. The van der Waals surface area contributed by atoms with Gasteiger partial charge in [-0.2, -0.15) is 0 Å². The molecule has 10 atom stereocenters. The highest BCUT2D eigenvalue weighted by molar-refractivity contribution is 6.00. The topological polar surface area (TPSA) is 130 Å². The molecule has 31 heavy (non-hydrogen) atoms. The van der Waals surface area contributed by atoms with Crippen LogP contribution in [0.5, 0.6) is 0 Å². The Kier molecular flexibility index (Phi) is 5.21. The van der Waals surface area contributed by atoms with Gasteiger partial charge in [-0.1, -0.05) is 20.8 Å². The Bertz CT molecular complexity index is 807. The zero-order chi connectivity index (χ0) is 23.1. The summed E-state index contributed by atoms with van der Waals surface area (Å²) in [5.74, 6) is -3.59. The number of hydrogen-bond donors (Lipinski definition) is 3. The number of aliphatic hydroxyl groups is 3. The Morgan fingerprint density at radius 2 is 1.74 bits per heavy atom. The molecule has 0 aromatic carbocycles. The number of methoxy groups -OCH3 is 1. The fourth-order valence-electron chi connectivity index (χ4n) is 8.05. The molecule has 8 heteroatoms. The van der Waals surface area contributed by atoms with Crippen molar-refractivity contribution < 1.29 is 39.2 Å². The van der Waals surface area contributed by atoms with Gasteiger partial charge in [-0.25, -0.2) is 0 Å². The van der Waals surface area contributed by atoms with Crippen LogP contribution in [-0.4, -0.2) is 71.0 Å². The number of Topliss-reactive ketones (excluding diaryl/α,β-unsaturated/α-hetero) is 2. The lowest BCUT2D eigenvalue weighted by atomic mass is 9.38. The van der Waals surface area contributed by atoms with Crippen molar-refractivity contribution in [3.8, 4) is 0 Å². The Hall–Kier alpha value is -1.35. The number of ether oxygens (including phenoxy) is 2. The molecule has 1 spiro atoms. The zero-order valence-electron chi connectivity index (χ0n) is 18.8. The fourth-order valence-corrected chi connectivity index (χ4v) is 8.05. The van der Waals surface area contributed by atoms with E-state index in [4.69, 9.17) is 9.47 Å². The first-order valence-electron chi connectivity index (χ1n) is 11.1. The summed E-state index contributed by atoms with van der Waals surface area (Å²) in [5, 5.41) is 33.4. The molecule has 3 N–H and O–H groups in total. The molecule has 8 nitrogen and oxygen atoms in total. The van der Waals surface area contributed by atoms with Crippen molar-refractivity contribution in [3.63, 3.8) is 0 Å². The first kappa shape index (κ1) is 22.8. The first-order chi connectivity index (χ1) is 14.3. The molecule has 174 valence electrons. The predicted molar refractivity (Wildman–Crippen MR) is 108 cm³/mol. The normalized spacial score (nSPS) is 50.6. The van der Waals surface area contributed by atoms with Gasteiger partial charge in [-0.05, 0) is 18.8 Å². The summed E-state index contributed by atoms with van der Waals surface area (Å²) in [6, 6.07) is 0. The van der Waals surface area contributed by atoms with E-state index in [2.05, 4.69) is 0 Å². The van der Waals surface area contributed by atoms with Crippen molar-refractivity contribution >= 4 is 17.5 Å². The van der Waals surface area contributed by atoms with E-state index in [0.717, 1.165) is 0 Å². The van der Waals surface area contributed by atoms with Crippen LogP contribution < -0.4 is 0 Å². The largest absolute Gasteiger partial charge is 0.462 e. The van der Waals surface area contributed by atoms with Gasteiger partial charge in [0.2, 0.25) is 0 Å². The number of aliphatic hydroxyl groups excluding tert-OH is 3. The van der Waals surface area contributed by atoms with Gasteiger partial charge in [0.1, 0.15) is 18.0 Å². The molecule has 0 saturated heterocycles. The molecule has 4 rings (SSSR count). The van der Waals surface area contributed by atoms with Crippen molar-refractivity contribution in [2.45, 2.75) is 71.4 Å². The minimum Gasteiger partial charge on any atom is -0.462 e. The van der Waals surface area contributed by atoms with Crippen LogP contribution in [-0.2, 0) is 23.9 Å². The molecular weight excluding hydrogens is 404 g/mol. The standard InChI is InChI=1S/C23H34O8/c1-10(24)31-13-6-11-8-23(19(28)12(11)9-30-5)17(13)22(4)15(26)7-14(25)21(2,3)18(22)16(27)20(23)29/h11-15,17-18,20,25-26,29H,6-9H2,1-5H3/t11-,12-,13+,14+,15+,17?,18?,20+,22+,23+/m1/s1. The third kappa shape index (κ3) is 2.71. The van der Waals surface area contributed by atoms with Crippen LogP contribution in [0, 0.1) is 39.9 Å². The highest BCUT2D eigenvalue weighted by Gasteiger charge is 2.78. The zero-order valence-corrected chi connectivity index (χ0v) is 18.8. The highest BCUT2D eigenvalue weighted by atomic mass is 16.5. The van der Waals surface area contributed by atoms with Gasteiger partial charge >= 0.3 is 5.97 Å². The number of carbonyl (C=O) groups excluding carboxylic acids is 3. The minimum atomic E-state index is -1.58. The Morgan fingerprint density at radius 3 is 2.32 bits per heavy atom. The highest BCUT2D eigenvalue weighted by Crippen LogP contribution is 2.70. The molecule has 2 unspecified atom stereocenters. The van der Waals surface area contributed by atoms with E-state index in [-0.39, 0.29) is 24.7 Å². The van der Waals surface area contributed by atoms with Crippen LogP contribution in [0.2, 0.25) is 0 Å². The SMILES string of the molecule is COC[C@H]1C(=O)[C@]23C[C@H]1C[C@H](OC(C)=O)C2[C@@]1(C)C(C(=O)[C@@H]3O)C(C)(C)[C@@H](O)C[C@@H]1O. The summed E-state index contributed by atoms with van der Waals surface area (Å²) in [5.41, 5.74) is -3.52. The summed E-state index contributed by atoms with van der Waals surface area (Å²) in [4.78, 5) is 39.5. The van der Waals surface area contributed by atoms with Crippen molar-refractivity contribution in [1.29, 1.82) is 0 Å². The summed E-state index contributed by atoms with van der Waals surface area (Å²) in [7, 11) is 1.50. The van der Waals surface area contributed by atoms with Gasteiger partial charge in [0.05, 0.1) is 24.2 Å². The third-order valence-electron chi connectivity index (χ3n) is 9.19. The lowest BCUT2D eigenvalue weighted by molar-refractivity contribution is -0.257. The summed E-state index contributed by atoms with van der Waals surface area (Å²) < 4.78 is 11.0. The van der Waals surface area contributed by atoms with E-state index < -0.39 is 70.2 Å². The molecule has 2 bridgehead atoms. The van der Waals surface area contributed by atoms with Crippen LogP contribution in [0.1, 0.15) is 47.0 Å². The maximum absolute atomic E-state index is 13.8. The van der Waals surface area contributed by atoms with Gasteiger partial charge in [0.15, 0.2) is 5.78 Å². The molecule has 4 aliphatic rings. The maximum Gasteiger partial charge on any atom is 0.302 e.